The van der Waals surface area contributed by atoms with Gasteiger partial charge in [-0.05, 0) is 36.8 Å². The smallest absolute Gasteiger partial charge is 0.230 e. The van der Waals surface area contributed by atoms with Crippen LogP contribution in [-0.2, 0) is 0 Å². The minimum atomic E-state index is 0.264. The molecule has 1 aromatic carbocycles. The number of anilines is 1. The number of ether oxygens (including phenoxy) is 1. The lowest BCUT2D eigenvalue weighted by Gasteiger charge is -2.04. The molecule has 0 fully saturated rings. The van der Waals surface area contributed by atoms with Gasteiger partial charge in [0.1, 0.15) is 5.75 Å². The maximum atomic E-state index is 5.87. The van der Waals surface area contributed by atoms with Crippen molar-refractivity contribution in [1.82, 2.24) is 5.16 Å². The number of aromatic nitrogens is 1. The molecule has 20 heavy (non-hydrogen) atoms. The van der Waals surface area contributed by atoms with Crippen molar-refractivity contribution in [2.45, 2.75) is 6.92 Å². The molecule has 0 saturated carbocycles. The molecular formula is C15H14N2O3. The molecule has 2 N–H and O–H groups in total. The van der Waals surface area contributed by atoms with Gasteiger partial charge in [0.25, 0.3) is 0 Å². The second kappa shape index (κ2) is 5.13. The number of nitrogens with two attached hydrogens (primary N) is 1. The summed E-state index contributed by atoms with van der Waals surface area (Å²) >= 11 is 0. The van der Waals surface area contributed by atoms with E-state index in [0.717, 1.165) is 16.9 Å². The summed E-state index contributed by atoms with van der Waals surface area (Å²) in [4.78, 5) is 0. The van der Waals surface area contributed by atoms with Crippen molar-refractivity contribution in [1.29, 1.82) is 0 Å². The fraction of sp³-hybridized carbons (Fsp3) is 0.133. The zero-order valence-electron chi connectivity index (χ0n) is 11.0. The highest BCUT2D eigenvalue weighted by Crippen LogP contribution is 2.36. The van der Waals surface area contributed by atoms with Crippen molar-refractivity contribution in [2.24, 2.45) is 0 Å². The molecule has 0 radical (unpaired) electrons. The van der Waals surface area contributed by atoms with Gasteiger partial charge in [0, 0.05) is 0 Å². The maximum absolute atomic E-state index is 5.87. The number of furan rings is 1. The molecule has 0 unspecified atom stereocenters. The average Bonchev–Trinajstić information content (AvgIpc) is 3.09. The van der Waals surface area contributed by atoms with Crippen LogP contribution in [0.4, 0.5) is 5.88 Å². The monoisotopic (exact) mass is 270 g/mol. The van der Waals surface area contributed by atoms with E-state index in [9.17, 15) is 0 Å². The molecule has 2 aromatic heterocycles. The van der Waals surface area contributed by atoms with E-state index in [1.807, 2.05) is 37.3 Å². The van der Waals surface area contributed by atoms with Crippen LogP contribution in [0.15, 0.2) is 51.6 Å². The molecule has 5 heteroatoms. The Morgan fingerprint density at radius 2 is 2.00 bits per heavy atom. The summed E-state index contributed by atoms with van der Waals surface area (Å²) < 4.78 is 15.9. The van der Waals surface area contributed by atoms with Crippen LogP contribution in [0.25, 0.3) is 22.6 Å². The molecule has 5 nitrogen and oxygen atoms in total. The van der Waals surface area contributed by atoms with Crippen LogP contribution in [0.1, 0.15) is 6.92 Å². The van der Waals surface area contributed by atoms with E-state index in [-0.39, 0.29) is 5.88 Å². The van der Waals surface area contributed by atoms with Crippen LogP contribution in [0, 0.1) is 0 Å². The summed E-state index contributed by atoms with van der Waals surface area (Å²) in [6, 6.07) is 11.2. The molecular weight excluding hydrogens is 256 g/mol. The van der Waals surface area contributed by atoms with Gasteiger partial charge in [0.15, 0.2) is 11.5 Å². The van der Waals surface area contributed by atoms with Crippen molar-refractivity contribution in [3.8, 4) is 28.3 Å². The summed E-state index contributed by atoms with van der Waals surface area (Å²) in [5.41, 5.74) is 8.09. The van der Waals surface area contributed by atoms with E-state index in [2.05, 4.69) is 5.16 Å². The minimum absolute atomic E-state index is 0.264. The Kier molecular flexibility index (Phi) is 3.16. The SMILES string of the molecule is CCOc1ccc(-c2c(-c3ccco3)noc2N)cc1. The number of hydrogen-bond acceptors (Lipinski definition) is 5. The van der Waals surface area contributed by atoms with Crippen LogP contribution >= 0.6 is 0 Å². The average molecular weight is 270 g/mol. The molecule has 0 spiro atoms. The van der Waals surface area contributed by atoms with Gasteiger partial charge in [-0.25, -0.2) is 0 Å². The highest BCUT2D eigenvalue weighted by Gasteiger charge is 2.19. The van der Waals surface area contributed by atoms with Crippen LogP contribution < -0.4 is 10.5 Å². The van der Waals surface area contributed by atoms with Gasteiger partial charge >= 0.3 is 0 Å². The van der Waals surface area contributed by atoms with E-state index < -0.39 is 0 Å². The lowest BCUT2D eigenvalue weighted by Crippen LogP contribution is -1.91. The van der Waals surface area contributed by atoms with Gasteiger partial charge in [0.2, 0.25) is 5.88 Å². The summed E-state index contributed by atoms with van der Waals surface area (Å²) in [7, 11) is 0. The lowest BCUT2D eigenvalue weighted by atomic mass is 10.0. The molecule has 0 aliphatic heterocycles. The molecule has 0 atom stereocenters. The fourth-order valence-corrected chi connectivity index (χ4v) is 2.05. The minimum Gasteiger partial charge on any atom is -0.494 e. The molecule has 0 saturated heterocycles. The van der Waals surface area contributed by atoms with E-state index >= 15 is 0 Å². The number of rotatable bonds is 4. The van der Waals surface area contributed by atoms with Crippen molar-refractivity contribution >= 4 is 5.88 Å². The first-order chi connectivity index (χ1) is 9.79. The van der Waals surface area contributed by atoms with Crippen LogP contribution in [0.5, 0.6) is 5.75 Å². The standard InChI is InChI=1S/C15H14N2O3/c1-2-18-11-7-5-10(6-8-11)13-14(17-20-15(13)16)12-4-3-9-19-12/h3-9H,2,16H2,1H3. The number of nitrogens with zero attached hydrogens (tertiary/aromatic N) is 1. The van der Waals surface area contributed by atoms with Crippen molar-refractivity contribution in [3.05, 3.63) is 42.7 Å². The summed E-state index contributed by atoms with van der Waals surface area (Å²) in [6.07, 6.45) is 1.59. The van der Waals surface area contributed by atoms with Crippen molar-refractivity contribution < 1.29 is 13.7 Å². The van der Waals surface area contributed by atoms with Gasteiger partial charge in [0.05, 0.1) is 18.4 Å². The van der Waals surface area contributed by atoms with Crippen LogP contribution in [0.2, 0.25) is 0 Å². The third-order valence-corrected chi connectivity index (χ3v) is 2.93. The molecule has 2 heterocycles. The number of benzene rings is 1. The summed E-state index contributed by atoms with van der Waals surface area (Å²) in [5, 5.41) is 3.97. The first-order valence-electron chi connectivity index (χ1n) is 6.32. The fourth-order valence-electron chi connectivity index (χ4n) is 2.05. The van der Waals surface area contributed by atoms with E-state index in [1.165, 1.54) is 0 Å². The van der Waals surface area contributed by atoms with E-state index in [0.29, 0.717) is 18.1 Å². The summed E-state index contributed by atoms with van der Waals surface area (Å²) in [5.74, 6) is 1.70. The van der Waals surface area contributed by atoms with Gasteiger partial charge < -0.3 is 19.4 Å². The van der Waals surface area contributed by atoms with Gasteiger partial charge in [-0.1, -0.05) is 17.3 Å². The maximum Gasteiger partial charge on any atom is 0.230 e. The van der Waals surface area contributed by atoms with Crippen molar-refractivity contribution in [3.63, 3.8) is 0 Å². The highest BCUT2D eigenvalue weighted by atomic mass is 16.5. The quantitative estimate of drug-likeness (QED) is 0.784. The topological polar surface area (TPSA) is 74.4 Å². The lowest BCUT2D eigenvalue weighted by molar-refractivity contribution is 0.340. The zero-order valence-corrected chi connectivity index (χ0v) is 11.0. The third-order valence-electron chi connectivity index (χ3n) is 2.93. The zero-order chi connectivity index (χ0) is 13.9. The Labute approximate surface area is 115 Å². The van der Waals surface area contributed by atoms with Crippen LogP contribution in [-0.4, -0.2) is 11.8 Å². The molecule has 3 rings (SSSR count). The Bertz CT molecular complexity index is 684. The van der Waals surface area contributed by atoms with Gasteiger partial charge in [-0.2, -0.15) is 0 Å². The highest BCUT2D eigenvalue weighted by molar-refractivity contribution is 5.85. The Morgan fingerprint density at radius 1 is 1.20 bits per heavy atom. The Balaban J connectivity index is 2.03. The summed E-state index contributed by atoms with van der Waals surface area (Å²) in [6.45, 7) is 2.58. The van der Waals surface area contributed by atoms with E-state index in [1.54, 1.807) is 12.3 Å². The van der Waals surface area contributed by atoms with Crippen molar-refractivity contribution in [2.75, 3.05) is 12.3 Å². The van der Waals surface area contributed by atoms with Crippen LogP contribution in [0.3, 0.4) is 0 Å². The second-order valence-electron chi connectivity index (χ2n) is 4.21. The normalized spacial score (nSPS) is 10.7. The first kappa shape index (κ1) is 12.3. The van der Waals surface area contributed by atoms with E-state index in [4.69, 9.17) is 19.4 Å². The van der Waals surface area contributed by atoms with Gasteiger partial charge in [-0.3, -0.25) is 0 Å². The molecule has 0 bridgehead atoms. The molecule has 0 aliphatic rings. The predicted molar refractivity (Wildman–Crippen MR) is 75.2 cm³/mol. The molecule has 0 amide bonds. The Morgan fingerprint density at radius 3 is 2.65 bits per heavy atom. The number of hydrogen-bond donors (Lipinski definition) is 1. The molecule has 102 valence electrons. The number of nitrogen functional groups attached to an aromatic ring is 1. The first-order valence-corrected chi connectivity index (χ1v) is 6.32. The predicted octanol–water partition coefficient (Wildman–Crippen LogP) is 3.58. The second-order valence-corrected chi connectivity index (χ2v) is 4.21. The molecule has 3 aromatic rings. The molecule has 0 aliphatic carbocycles. The van der Waals surface area contributed by atoms with Gasteiger partial charge in [-0.15, -0.1) is 0 Å². The Hall–Kier alpha value is -2.69. The third kappa shape index (κ3) is 2.14. The largest absolute Gasteiger partial charge is 0.494 e.